The molecule has 0 saturated heterocycles. The Labute approximate surface area is 96.3 Å². The minimum atomic E-state index is 1.01. The van der Waals surface area contributed by atoms with Crippen molar-refractivity contribution in [3.63, 3.8) is 0 Å². The Morgan fingerprint density at radius 1 is 1.31 bits per heavy atom. The van der Waals surface area contributed by atoms with Crippen molar-refractivity contribution in [2.75, 3.05) is 13.6 Å². The maximum absolute atomic E-state index is 4.64. The molecule has 0 amide bonds. The van der Waals surface area contributed by atoms with Gasteiger partial charge in [-0.25, -0.2) is 4.98 Å². The van der Waals surface area contributed by atoms with E-state index in [1.54, 1.807) is 0 Å². The van der Waals surface area contributed by atoms with Gasteiger partial charge in [0.25, 0.3) is 0 Å². The van der Waals surface area contributed by atoms with Gasteiger partial charge in [-0.1, -0.05) is 6.07 Å². The van der Waals surface area contributed by atoms with Crippen molar-refractivity contribution >= 4 is 11.0 Å². The lowest BCUT2D eigenvalue weighted by Crippen LogP contribution is -2.08. The van der Waals surface area contributed by atoms with E-state index in [0.717, 1.165) is 36.2 Å². The molecule has 0 aliphatic rings. The third-order valence-electron chi connectivity index (χ3n) is 2.81. The van der Waals surface area contributed by atoms with Crippen molar-refractivity contribution in [1.29, 1.82) is 0 Å². The van der Waals surface area contributed by atoms with E-state index in [4.69, 9.17) is 0 Å². The molecule has 0 saturated carbocycles. The molecule has 0 radical (unpaired) electrons. The van der Waals surface area contributed by atoms with Gasteiger partial charge < -0.3 is 10.3 Å². The highest BCUT2D eigenvalue weighted by molar-refractivity contribution is 5.79. The third-order valence-corrected chi connectivity index (χ3v) is 2.81. The molecule has 0 atom stereocenters. The van der Waals surface area contributed by atoms with Crippen molar-refractivity contribution in [3.8, 4) is 0 Å². The predicted molar refractivity (Wildman–Crippen MR) is 67.8 cm³/mol. The quantitative estimate of drug-likeness (QED) is 0.772. The second kappa shape index (κ2) is 4.66. The number of nitrogens with one attached hydrogen (secondary N) is 2. The van der Waals surface area contributed by atoms with Gasteiger partial charge in [0.1, 0.15) is 5.82 Å². The number of aromatic amines is 1. The fraction of sp³-hybridized carbons (Fsp3) is 0.462. The summed E-state index contributed by atoms with van der Waals surface area (Å²) in [6.45, 7) is 5.27. The molecule has 16 heavy (non-hydrogen) atoms. The van der Waals surface area contributed by atoms with E-state index in [2.05, 4.69) is 41.3 Å². The van der Waals surface area contributed by atoms with Crippen LogP contribution in [0.15, 0.2) is 12.1 Å². The molecule has 1 heterocycles. The highest BCUT2D eigenvalue weighted by Crippen LogP contribution is 2.18. The summed E-state index contributed by atoms with van der Waals surface area (Å²) in [6.07, 6.45) is 2.13. The number of H-pyrrole nitrogens is 1. The molecule has 0 fully saturated rings. The van der Waals surface area contributed by atoms with Crippen LogP contribution in [0.2, 0.25) is 0 Å². The monoisotopic (exact) mass is 217 g/mol. The first kappa shape index (κ1) is 11.1. The molecule has 2 rings (SSSR count). The first-order valence-electron chi connectivity index (χ1n) is 5.81. The van der Waals surface area contributed by atoms with Crippen molar-refractivity contribution < 1.29 is 0 Å². The summed E-state index contributed by atoms with van der Waals surface area (Å²) < 4.78 is 0. The van der Waals surface area contributed by atoms with Crippen LogP contribution in [0.3, 0.4) is 0 Å². The Bertz CT molecular complexity index is 485. The molecule has 86 valence electrons. The van der Waals surface area contributed by atoms with Gasteiger partial charge in [0.15, 0.2) is 0 Å². The summed E-state index contributed by atoms with van der Waals surface area (Å²) in [5.41, 5.74) is 4.82. The molecule has 1 aromatic carbocycles. The van der Waals surface area contributed by atoms with Gasteiger partial charge in [0.05, 0.1) is 11.0 Å². The van der Waals surface area contributed by atoms with E-state index in [0.29, 0.717) is 0 Å². The number of rotatable bonds is 4. The molecule has 0 bridgehead atoms. The van der Waals surface area contributed by atoms with Crippen LogP contribution in [-0.4, -0.2) is 23.6 Å². The van der Waals surface area contributed by atoms with E-state index in [1.807, 2.05) is 7.05 Å². The van der Waals surface area contributed by atoms with Crippen molar-refractivity contribution in [1.82, 2.24) is 15.3 Å². The minimum absolute atomic E-state index is 1.01. The van der Waals surface area contributed by atoms with Crippen molar-refractivity contribution in [2.45, 2.75) is 26.7 Å². The summed E-state index contributed by atoms with van der Waals surface area (Å²) >= 11 is 0. The number of hydrogen-bond donors (Lipinski definition) is 2. The van der Waals surface area contributed by atoms with E-state index >= 15 is 0 Å². The molecule has 3 nitrogen and oxygen atoms in total. The Balaban J connectivity index is 2.26. The van der Waals surface area contributed by atoms with Gasteiger partial charge >= 0.3 is 0 Å². The first-order chi connectivity index (χ1) is 7.70. The summed E-state index contributed by atoms with van der Waals surface area (Å²) in [5, 5.41) is 3.15. The average Bonchev–Trinajstić information content (AvgIpc) is 2.61. The smallest absolute Gasteiger partial charge is 0.107 e. The third kappa shape index (κ3) is 2.25. The molecule has 2 N–H and O–H groups in total. The lowest BCUT2D eigenvalue weighted by atomic mass is 10.1. The first-order valence-corrected chi connectivity index (χ1v) is 5.81. The van der Waals surface area contributed by atoms with E-state index in [9.17, 15) is 0 Å². The summed E-state index contributed by atoms with van der Waals surface area (Å²) in [4.78, 5) is 8.04. The number of aryl methyl sites for hydroxylation is 3. The van der Waals surface area contributed by atoms with Gasteiger partial charge in [0, 0.05) is 6.42 Å². The fourth-order valence-corrected chi connectivity index (χ4v) is 2.07. The SMILES string of the molecule is CNCCCc1nc2c(C)cc(C)cc2[nH]1. The minimum Gasteiger partial charge on any atom is -0.342 e. The van der Waals surface area contributed by atoms with Crippen LogP contribution in [0.5, 0.6) is 0 Å². The number of hydrogen-bond acceptors (Lipinski definition) is 2. The van der Waals surface area contributed by atoms with Crippen LogP contribution in [0.4, 0.5) is 0 Å². The lowest BCUT2D eigenvalue weighted by molar-refractivity contribution is 0.709. The maximum Gasteiger partial charge on any atom is 0.107 e. The fourth-order valence-electron chi connectivity index (χ4n) is 2.07. The topological polar surface area (TPSA) is 40.7 Å². The summed E-state index contributed by atoms with van der Waals surface area (Å²) in [5.74, 6) is 1.10. The number of aromatic nitrogens is 2. The van der Waals surface area contributed by atoms with E-state index in [-0.39, 0.29) is 0 Å². The predicted octanol–water partition coefficient (Wildman–Crippen LogP) is 2.33. The lowest BCUT2D eigenvalue weighted by Gasteiger charge is -1.96. The summed E-state index contributed by atoms with van der Waals surface area (Å²) in [7, 11) is 1.98. The number of benzene rings is 1. The van der Waals surface area contributed by atoms with Crippen LogP contribution < -0.4 is 5.32 Å². The normalized spacial score (nSPS) is 11.2. The van der Waals surface area contributed by atoms with Gasteiger partial charge in [-0.15, -0.1) is 0 Å². The van der Waals surface area contributed by atoms with E-state index in [1.165, 1.54) is 11.1 Å². The Kier molecular flexibility index (Phi) is 3.25. The highest BCUT2D eigenvalue weighted by Gasteiger charge is 2.05. The zero-order chi connectivity index (χ0) is 11.5. The van der Waals surface area contributed by atoms with Crippen LogP contribution in [0.1, 0.15) is 23.4 Å². The molecule has 1 aromatic heterocycles. The van der Waals surface area contributed by atoms with Crippen molar-refractivity contribution in [2.24, 2.45) is 0 Å². The number of fused-ring (bicyclic) bond motifs is 1. The van der Waals surface area contributed by atoms with Crippen LogP contribution in [0.25, 0.3) is 11.0 Å². The second-order valence-corrected chi connectivity index (χ2v) is 4.37. The zero-order valence-electron chi connectivity index (χ0n) is 10.2. The van der Waals surface area contributed by atoms with Crippen LogP contribution in [0, 0.1) is 13.8 Å². The largest absolute Gasteiger partial charge is 0.342 e. The molecule has 2 aromatic rings. The highest BCUT2D eigenvalue weighted by atomic mass is 14.9. The van der Waals surface area contributed by atoms with Crippen LogP contribution >= 0.6 is 0 Å². The summed E-state index contributed by atoms with van der Waals surface area (Å²) in [6, 6.07) is 4.34. The molecule has 0 aliphatic carbocycles. The standard InChI is InChI=1S/C13H19N3/c1-9-7-10(2)13-11(8-9)15-12(16-13)5-4-6-14-3/h7-8,14H,4-6H2,1-3H3,(H,15,16). The maximum atomic E-state index is 4.64. The van der Waals surface area contributed by atoms with Crippen molar-refractivity contribution in [3.05, 3.63) is 29.1 Å². The van der Waals surface area contributed by atoms with E-state index < -0.39 is 0 Å². The Hall–Kier alpha value is -1.35. The molecule has 0 unspecified atom stereocenters. The molecular formula is C13H19N3. The zero-order valence-corrected chi connectivity index (χ0v) is 10.2. The second-order valence-electron chi connectivity index (χ2n) is 4.37. The van der Waals surface area contributed by atoms with Crippen LogP contribution in [-0.2, 0) is 6.42 Å². The average molecular weight is 217 g/mol. The number of nitrogens with zero attached hydrogens (tertiary/aromatic N) is 1. The van der Waals surface area contributed by atoms with Gasteiger partial charge in [0.2, 0.25) is 0 Å². The Morgan fingerprint density at radius 2 is 2.12 bits per heavy atom. The van der Waals surface area contributed by atoms with Gasteiger partial charge in [-0.3, -0.25) is 0 Å². The number of imidazole rings is 1. The Morgan fingerprint density at radius 3 is 2.88 bits per heavy atom. The van der Waals surface area contributed by atoms with Gasteiger partial charge in [-0.05, 0) is 51.1 Å². The molecule has 0 aliphatic heterocycles. The molecule has 0 spiro atoms. The molecule has 3 heteroatoms. The molecular weight excluding hydrogens is 198 g/mol. The van der Waals surface area contributed by atoms with Gasteiger partial charge in [-0.2, -0.15) is 0 Å².